The van der Waals surface area contributed by atoms with Crippen molar-refractivity contribution in [2.45, 2.75) is 32.4 Å². The molecule has 2 rings (SSSR count). The summed E-state index contributed by atoms with van der Waals surface area (Å²) >= 11 is 3.41. The smallest absolute Gasteiger partial charge is 0.258 e. The van der Waals surface area contributed by atoms with Crippen molar-refractivity contribution in [2.24, 2.45) is 0 Å². The molecule has 0 aromatic heterocycles. The van der Waals surface area contributed by atoms with Crippen LogP contribution in [0.3, 0.4) is 0 Å². The van der Waals surface area contributed by atoms with Gasteiger partial charge in [-0.2, -0.15) is 0 Å². The minimum atomic E-state index is -0.322. The molecule has 0 spiro atoms. The lowest BCUT2D eigenvalue weighted by molar-refractivity contribution is -0.0756. The Morgan fingerprint density at radius 3 is 2.85 bits per heavy atom. The number of morpholine rings is 1. The maximum absolute atomic E-state index is 12.9. The van der Waals surface area contributed by atoms with E-state index in [1.807, 2.05) is 31.7 Å². The molecule has 0 bridgehead atoms. The highest BCUT2D eigenvalue weighted by atomic mass is 79.9. The van der Waals surface area contributed by atoms with Gasteiger partial charge in [0, 0.05) is 11.0 Å². The van der Waals surface area contributed by atoms with Gasteiger partial charge in [0.2, 0.25) is 0 Å². The molecule has 1 aromatic carbocycles. The predicted octanol–water partition coefficient (Wildman–Crippen LogP) is 3.10. The van der Waals surface area contributed by atoms with Crippen molar-refractivity contribution >= 4 is 21.8 Å². The van der Waals surface area contributed by atoms with Crippen LogP contribution < -0.4 is 4.74 Å². The largest absolute Gasteiger partial charge is 0.496 e. The monoisotopic (exact) mass is 341 g/mol. The standard InChI is InChI=1S/C15H20BrNO3/c1-10-8-17(15(2,3)9-20-10)14(18)12-7-11(16)5-6-13(12)19-4/h5-7,10H,8-9H2,1-4H3. The van der Waals surface area contributed by atoms with Crippen LogP contribution in [0.25, 0.3) is 0 Å². The van der Waals surface area contributed by atoms with Crippen molar-refractivity contribution in [3.05, 3.63) is 28.2 Å². The van der Waals surface area contributed by atoms with Crippen LogP contribution in [0, 0.1) is 0 Å². The van der Waals surface area contributed by atoms with Gasteiger partial charge < -0.3 is 14.4 Å². The summed E-state index contributed by atoms with van der Waals surface area (Å²) in [4.78, 5) is 14.7. The first kappa shape index (κ1) is 15.3. The fraction of sp³-hybridized carbons (Fsp3) is 0.533. The minimum absolute atomic E-state index is 0.0247. The molecular weight excluding hydrogens is 322 g/mol. The second-order valence-electron chi connectivity index (χ2n) is 5.69. The number of carbonyl (C=O) groups is 1. The molecule has 0 N–H and O–H groups in total. The molecule has 1 aliphatic heterocycles. The number of hydrogen-bond acceptors (Lipinski definition) is 3. The molecule has 1 aliphatic rings. The molecule has 1 saturated heterocycles. The first-order valence-corrected chi connectivity index (χ1v) is 7.41. The Labute approximate surface area is 128 Å². The lowest BCUT2D eigenvalue weighted by atomic mass is 9.99. The van der Waals surface area contributed by atoms with Gasteiger partial charge in [-0.05, 0) is 39.0 Å². The third kappa shape index (κ3) is 2.99. The molecule has 5 heteroatoms. The van der Waals surface area contributed by atoms with Crippen LogP contribution >= 0.6 is 15.9 Å². The maximum atomic E-state index is 12.9. The topological polar surface area (TPSA) is 38.8 Å². The summed E-state index contributed by atoms with van der Waals surface area (Å²) < 4.78 is 11.8. The lowest BCUT2D eigenvalue weighted by Gasteiger charge is -2.44. The number of halogens is 1. The fourth-order valence-electron chi connectivity index (χ4n) is 2.33. The van der Waals surface area contributed by atoms with Crippen LogP contribution in [0.4, 0.5) is 0 Å². The van der Waals surface area contributed by atoms with Gasteiger partial charge in [0.1, 0.15) is 5.75 Å². The van der Waals surface area contributed by atoms with E-state index in [0.717, 1.165) is 4.47 Å². The van der Waals surface area contributed by atoms with Gasteiger partial charge in [-0.15, -0.1) is 0 Å². The molecule has 20 heavy (non-hydrogen) atoms. The van der Waals surface area contributed by atoms with Crippen LogP contribution in [0.5, 0.6) is 5.75 Å². The van der Waals surface area contributed by atoms with Crippen LogP contribution in [-0.4, -0.2) is 42.7 Å². The summed E-state index contributed by atoms with van der Waals surface area (Å²) in [5.41, 5.74) is 0.251. The molecule has 1 atom stereocenters. The Morgan fingerprint density at radius 1 is 1.50 bits per heavy atom. The first-order valence-electron chi connectivity index (χ1n) is 6.62. The summed E-state index contributed by atoms with van der Waals surface area (Å²) in [6.45, 7) is 7.13. The molecule has 0 radical (unpaired) electrons. The van der Waals surface area contributed by atoms with E-state index >= 15 is 0 Å². The number of nitrogens with zero attached hydrogens (tertiary/aromatic N) is 1. The SMILES string of the molecule is COc1ccc(Br)cc1C(=O)N1CC(C)OCC1(C)C. The number of benzene rings is 1. The normalized spacial score (nSPS) is 21.6. The average Bonchev–Trinajstić information content (AvgIpc) is 2.40. The van der Waals surface area contributed by atoms with Gasteiger partial charge in [0.15, 0.2) is 0 Å². The number of carbonyl (C=O) groups excluding carboxylic acids is 1. The van der Waals surface area contributed by atoms with Gasteiger partial charge in [0.25, 0.3) is 5.91 Å². The van der Waals surface area contributed by atoms with Crippen LogP contribution in [0.1, 0.15) is 31.1 Å². The molecule has 1 unspecified atom stereocenters. The van der Waals surface area contributed by atoms with Crippen molar-refractivity contribution in [3.8, 4) is 5.75 Å². The summed E-state index contributed by atoms with van der Waals surface area (Å²) in [6, 6.07) is 5.47. The highest BCUT2D eigenvalue weighted by molar-refractivity contribution is 9.10. The highest BCUT2D eigenvalue weighted by Gasteiger charge is 2.37. The van der Waals surface area contributed by atoms with Crippen molar-refractivity contribution < 1.29 is 14.3 Å². The Morgan fingerprint density at radius 2 is 2.20 bits per heavy atom. The van der Waals surface area contributed by atoms with Crippen molar-refractivity contribution in [2.75, 3.05) is 20.3 Å². The molecule has 1 aromatic rings. The molecule has 0 saturated carbocycles. The Kier molecular flexibility index (Phi) is 4.39. The van der Waals surface area contributed by atoms with E-state index in [-0.39, 0.29) is 17.6 Å². The Hall–Kier alpha value is -1.07. The van der Waals surface area contributed by atoms with Crippen LogP contribution in [-0.2, 0) is 4.74 Å². The third-order valence-electron chi connectivity index (χ3n) is 3.53. The van der Waals surface area contributed by atoms with E-state index in [1.165, 1.54) is 0 Å². The Balaban J connectivity index is 2.37. The van der Waals surface area contributed by atoms with Gasteiger partial charge in [-0.3, -0.25) is 4.79 Å². The van der Waals surface area contributed by atoms with E-state index in [2.05, 4.69) is 15.9 Å². The zero-order valence-corrected chi connectivity index (χ0v) is 13.9. The van der Waals surface area contributed by atoms with E-state index < -0.39 is 0 Å². The summed E-state index contributed by atoms with van der Waals surface area (Å²) in [5, 5.41) is 0. The second-order valence-corrected chi connectivity index (χ2v) is 6.61. The molecular formula is C15H20BrNO3. The maximum Gasteiger partial charge on any atom is 0.258 e. The van der Waals surface area contributed by atoms with Crippen molar-refractivity contribution in [1.82, 2.24) is 4.90 Å². The van der Waals surface area contributed by atoms with Gasteiger partial charge >= 0.3 is 0 Å². The first-order chi connectivity index (χ1) is 9.35. The molecule has 1 fully saturated rings. The molecule has 0 aliphatic carbocycles. The molecule has 4 nitrogen and oxygen atoms in total. The average molecular weight is 342 g/mol. The highest BCUT2D eigenvalue weighted by Crippen LogP contribution is 2.29. The summed E-state index contributed by atoms with van der Waals surface area (Å²) in [7, 11) is 1.58. The Bertz CT molecular complexity index is 516. The number of ether oxygens (including phenoxy) is 2. The van der Waals surface area contributed by atoms with Crippen molar-refractivity contribution in [3.63, 3.8) is 0 Å². The van der Waals surface area contributed by atoms with Crippen molar-refractivity contribution in [1.29, 1.82) is 0 Å². The zero-order chi connectivity index (χ0) is 14.9. The fourth-order valence-corrected chi connectivity index (χ4v) is 2.69. The van der Waals surface area contributed by atoms with Gasteiger partial charge in [0.05, 0.1) is 30.9 Å². The second kappa shape index (κ2) is 5.74. The molecule has 1 heterocycles. The quantitative estimate of drug-likeness (QED) is 0.829. The third-order valence-corrected chi connectivity index (χ3v) is 4.02. The zero-order valence-electron chi connectivity index (χ0n) is 12.3. The summed E-state index contributed by atoms with van der Waals surface area (Å²) in [6.07, 6.45) is 0.0464. The van der Waals surface area contributed by atoms with E-state index in [1.54, 1.807) is 19.2 Å². The molecule has 110 valence electrons. The number of amides is 1. The number of rotatable bonds is 2. The lowest BCUT2D eigenvalue weighted by Crippen LogP contribution is -2.57. The number of methoxy groups -OCH3 is 1. The predicted molar refractivity (Wildman–Crippen MR) is 81.2 cm³/mol. The minimum Gasteiger partial charge on any atom is -0.496 e. The molecule has 1 amide bonds. The van der Waals surface area contributed by atoms with E-state index in [9.17, 15) is 4.79 Å². The van der Waals surface area contributed by atoms with Crippen LogP contribution in [0.2, 0.25) is 0 Å². The van der Waals surface area contributed by atoms with Crippen LogP contribution in [0.15, 0.2) is 22.7 Å². The number of hydrogen-bond donors (Lipinski definition) is 0. The van der Waals surface area contributed by atoms with Gasteiger partial charge in [-0.1, -0.05) is 15.9 Å². The summed E-state index contributed by atoms with van der Waals surface area (Å²) in [5.74, 6) is 0.566. The van der Waals surface area contributed by atoms with Gasteiger partial charge in [-0.25, -0.2) is 0 Å². The van der Waals surface area contributed by atoms with E-state index in [0.29, 0.717) is 24.5 Å². The van der Waals surface area contributed by atoms with E-state index in [4.69, 9.17) is 9.47 Å².